The molecule has 2 aromatic rings. The summed E-state index contributed by atoms with van der Waals surface area (Å²) < 4.78 is 19.1. The second-order valence-corrected chi connectivity index (χ2v) is 5.68. The first-order valence-corrected chi connectivity index (χ1v) is 7.80. The number of ether oxygens (including phenoxy) is 1. The van der Waals surface area contributed by atoms with Crippen LogP contribution in [-0.4, -0.2) is 29.1 Å². The van der Waals surface area contributed by atoms with E-state index in [1.165, 1.54) is 6.20 Å². The van der Waals surface area contributed by atoms with Gasteiger partial charge in [-0.15, -0.1) is 0 Å². The third-order valence-corrected chi connectivity index (χ3v) is 4.19. The van der Waals surface area contributed by atoms with Crippen LogP contribution in [0.2, 0.25) is 0 Å². The van der Waals surface area contributed by atoms with Gasteiger partial charge in [0.1, 0.15) is 6.61 Å². The number of nitrogens with zero attached hydrogens (tertiary/aromatic N) is 2. The number of halogens is 1. The molecule has 0 saturated carbocycles. The van der Waals surface area contributed by atoms with E-state index in [-0.39, 0.29) is 18.6 Å². The third-order valence-electron chi connectivity index (χ3n) is 4.19. The van der Waals surface area contributed by atoms with Crippen LogP contribution in [0.4, 0.5) is 9.18 Å². The van der Waals surface area contributed by atoms with E-state index >= 15 is 0 Å². The number of hydrogen-bond acceptors (Lipinski definition) is 3. The minimum Gasteiger partial charge on any atom is -0.445 e. The van der Waals surface area contributed by atoms with Crippen molar-refractivity contribution >= 4 is 6.09 Å². The monoisotopic (exact) mass is 314 g/mol. The van der Waals surface area contributed by atoms with Gasteiger partial charge in [-0.05, 0) is 30.4 Å². The molecule has 2 heterocycles. The van der Waals surface area contributed by atoms with Gasteiger partial charge in [-0.2, -0.15) is 4.39 Å². The largest absolute Gasteiger partial charge is 0.445 e. The zero-order chi connectivity index (χ0) is 16.1. The van der Waals surface area contributed by atoms with Crippen molar-refractivity contribution < 1.29 is 13.9 Å². The molecular weight excluding hydrogens is 295 g/mol. The summed E-state index contributed by atoms with van der Waals surface area (Å²) in [5.41, 5.74) is 1.61. The van der Waals surface area contributed by atoms with Crippen molar-refractivity contribution in [3.63, 3.8) is 0 Å². The topological polar surface area (TPSA) is 42.4 Å². The number of hydrogen-bond donors (Lipinski definition) is 0. The van der Waals surface area contributed by atoms with Gasteiger partial charge in [0.2, 0.25) is 5.95 Å². The van der Waals surface area contributed by atoms with Crippen LogP contribution in [0.5, 0.6) is 0 Å². The molecule has 5 heteroatoms. The number of aromatic nitrogens is 1. The molecule has 1 aromatic carbocycles. The van der Waals surface area contributed by atoms with Crippen LogP contribution < -0.4 is 0 Å². The zero-order valence-electron chi connectivity index (χ0n) is 12.8. The van der Waals surface area contributed by atoms with E-state index in [9.17, 15) is 9.18 Å². The number of pyridine rings is 1. The number of piperidine rings is 1. The first kappa shape index (κ1) is 15.5. The number of carbonyl (C=O) groups is 1. The van der Waals surface area contributed by atoms with E-state index in [0.717, 1.165) is 18.4 Å². The number of amides is 1. The fourth-order valence-electron chi connectivity index (χ4n) is 2.89. The molecule has 1 aromatic heterocycles. The van der Waals surface area contributed by atoms with Gasteiger partial charge in [-0.1, -0.05) is 36.4 Å². The number of benzene rings is 1. The Kier molecular flexibility index (Phi) is 4.86. The molecule has 23 heavy (non-hydrogen) atoms. The second kappa shape index (κ2) is 7.22. The summed E-state index contributed by atoms with van der Waals surface area (Å²) in [6.45, 7) is 1.43. The normalized spacial score (nSPS) is 15.4. The van der Waals surface area contributed by atoms with Gasteiger partial charge < -0.3 is 9.64 Å². The fourth-order valence-corrected chi connectivity index (χ4v) is 2.89. The van der Waals surface area contributed by atoms with Crippen LogP contribution in [0.1, 0.15) is 29.9 Å². The van der Waals surface area contributed by atoms with E-state index in [2.05, 4.69) is 4.98 Å². The third kappa shape index (κ3) is 3.86. The average molecular weight is 314 g/mol. The highest BCUT2D eigenvalue weighted by Gasteiger charge is 2.26. The Morgan fingerprint density at radius 1 is 1.17 bits per heavy atom. The lowest BCUT2D eigenvalue weighted by Gasteiger charge is -2.31. The minimum absolute atomic E-state index is 0.113. The zero-order valence-corrected chi connectivity index (χ0v) is 12.8. The first-order chi connectivity index (χ1) is 11.2. The molecule has 3 rings (SSSR count). The van der Waals surface area contributed by atoms with E-state index in [1.54, 1.807) is 17.0 Å². The summed E-state index contributed by atoms with van der Waals surface area (Å²) in [6, 6.07) is 13.1. The van der Waals surface area contributed by atoms with Crippen LogP contribution in [0.3, 0.4) is 0 Å². The van der Waals surface area contributed by atoms with Gasteiger partial charge in [0.05, 0.1) is 0 Å². The molecule has 0 bridgehead atoms. The first-order valence-electron chi connectivity index (χ1n) is 7.80. The maximum absolute atomic E-state index is 13.7. The fraction of sp³-hybridized carbons (Fsp3) is 0.333. The molecule has 1 amide bonds. The molecule has 1 fully saturated rings. The lowest BCUT2D eigenvalue weighted by molar-refractivity contribution is 0.0868. The predicted octanol–water partition coefficient (Wildman–Crippen LogP) is 3.74. The Morgan fingerprint density at radius 3 is 2.61 bits per heavy atom. The molecule has 0 spiro atoms. The maximum Gasteiger partial charge on any atom is 0.410 e. The SMILES string of the molecule is O=C(OCc1ccccc1)N1CCC(c2cccnc2F)CC1. The molecule has 1 aliphatic rings. The van der Waals surface area contributed by atoms with Crippen molar-refractivity contribution in [1.82, 2.24) is 9.88 Å². The Hall–Kier alpha value is -2.43. The number of rotatable bonds is 3. The van der Waals surface area contributed by atoms with Crippen molar-refractivity contribution in [2.75, 3.05) is 13.1 Å². The highest BCUT2D eigenvalue weighted by molar-refractivity contribution is 5.67. The maximum atomic E-state index is 13.7. The van der Waals surface area contributed by atoms with E-state index < -0.39 is 5.95 Å². The van der Waals surface area contributed by atoms with Gasteiger partial charge in [0.25, 0.3) is 0 Å². The molecule has 1 aliphatic heterocycles. The minimum atomic E-state index is -0.405. The van der Waals surface area contributed by atoms with Gasteiger partial charge >= 0.3 is 6.09 Å². The summed E-state index contributed by atoms with van der Waals surface area (Å²) in [5, 5.41) is 0. The molecule has 0 N–H and O–H groups in total. The Balaban J connectivity index is 1.50. The standard InChI is InChI=1S/C18H19FN2O2/c19-17-16(7-4-10-20-17)15-8-11-21(12-9-15)18(22)23-13-14-5-2-1-3-6-14/h1-7,10,15H,8-9,11-13H2. The summed E-state index contributed by atoms with van der Waals surface area (Å²) >= 11 is 0. The number of carbonyl (C=O) groups excluding carboxylic acids is 1. The molecule has 4 nitrogen and oxygen atoms in total. The van der Waals surface area contributed by atoms with Gasteiger partial charge in [0.15, 0.2) is 0 Å². The molecule has 0 atom stereocenters. The second-order valence-electron chi connectivity index (χ2n) is 5.68. The van der Waals surface area contributed by atoms with Crippen LogP contribution >= 0.6 is 0 Å². The van der Waals surface area contributed by atoms with Gasteiger partial charge in [-0.3, -0.25) is 0 Å². The van der Waals surface area contributed by atoms with Crippen LogP contribution in [-0.2, 0) is 11.3 Å². The summed E-state index contributed by atoms with van der Waals surface area (Å²) in [7, 11) is 0. The predicted molar refractivity (Wildman–Crippen MR) is 84.4 cm³/mol. The molecule has 120 valence electrons. The summed E-state index contributed by atoms with van der Waals surface area (Å²) in [4.78, 5) is 17.5. The van der Waals surface area contributed by atoms with Crippen LogP contribution in [0, 0.1) is 5.95 Å². The Morgan fingerprint density at radius 2 is 1.91 bits per heavy atom. The molecule has 0 unspecified atom stereocenters. The van der Waals surface area contributed by atoms with E-state index in [0.29, 0.717) is 18.7 Å². The van der Waals surface area contributed by atoms with Crippen molar-refractivity contribution in [3.8, 4) is 0 Å². The highest BCUT2D eigenvalue weighted by Crippen LogP contribution is 2.29. The van der Waals surface area contributed by atoms with Gasteiger partial charge in [0, 0.05) is 24.8 Å². The highest BCUT2D eigenvalue weighted by atomic mass is 19.1. The van der Waals surface area contributed by atoms with E-state index in [1.807, 2.05) is 30.3 Å². The van der Waals surface area contributed by atoms with Crippen molar-refractivity contribution in [1.29, 1.82) is 0 Å². The van der Waals surface area contributed by atoms with Crippen molar-refractivity contribution in [2.24, 2.45) is 0 Å². The average Bonchev–Trinajstić information content (AvgIpc) is 2.61. The number of likely N-dealkylation sites (tertiary alicyclic amines) is 1. The quantitative estimate of drug-likeness (QED) is 0.811. The summed E-state index contributed by atoms with van der Waals surface area (Å²) in [5.74, 6) is -0.292. The van der Waals surface area contributed by atoms with Gasteiger partial charge in [-0.25, -0.2) is 9.78 Å². The molecule has 0 aliphatic carbocycles. The molecular formula is C18H19FN2O2. The summed E-state index contributed by atoms with van der Waals surface area (Å²) in [6.07, 6.45) is 2.60. The van der Waals surface area contributed by atoms with E-state index in [4.69, 9.17) is 4.74 Å². The smallest absolute Gasteiger partial charge is 0.410 e. The van der Waals surface area contributed by atoms with Crippen LogP contribution in [0.25, 0.3) is 0 Å². The van der Waals surface area contributed by atoms with Crippen molar-refractivity contribution in [2.45, 2.75) is 25.4 Å². The van der Waals surface area contributed by atoms with Crippen molar-refractivity contribution in [3.05, 3.63) is 65.7 Å². The Labute approximate surface area is 134 Å². The van der Waals surface area contributed by atoms with Crippen LogP contribution in [0.15, 0.2) is 48.7 Å². The Bertz CT molecular complexity index is 655. The lowest BCUT2D eigenvalue weighted by Crippen LogP contribution is -2.38. The molecule has 1 saturated heterocycles. The lowest BCUT2D eigenvalue weighted by atomic mass is 9.90. The molecule has 0 radical (unpaired) electrons.